The summed E-state index contributed by atoms with van der Waals surface area (Å²) in [5.74, 6) is 0.441. The minimum atomic E-state index is -3.66. The maximum Gasteiger partial charge on any atom is 0.241 e. The van der Waals surface area contributed by atoms with Crippen LogP contribution in [0.1, 0.15) is 36.4 Å². The summed E-state index contributed by atoms with van der Waals surface area (Å²) >= 11 is 1.75. The Kier molecular flexibility index (Phi) is 4.10. The molecular weight excluding hydrogens is 356 g/mol. The molecule has 0 spiro atoms. The molecule has 1 amide bonds. The summed E-state index contributed by atoms with van der Waals surface area (Å²) in [4.78, 5) is 13.1. The molecule has 2 aliphatic heterocycles. The Morgan fingerprint density at radius 1 is 1.16 bits per heavy atom. The number of sulfonamides is 1. The maximum atomic E-state index is 12.9. The molecule has 4 rings (SSSR count). The number of nitrogens with one attached hydrogen (secondary N) is 2. The van der Waals surface area contributed by atoms with Crippen molar-refractivity contribution in [3.8, 4) is 0 Å². The second-order valence-electron chi connectivity index (χ2n) is 6.31. The molecule has 0 unspecified atom stereocenters. The Morgan fingerprint density at radius 2 is 1.96 bits per heavy atom. The highest BCUT2D eigenvalue weighted by Crippen LogP contribution is 2.37. The van der Waals surface area contributed by atoms with Crippen molar-refractivity contribution in [1.82, 2.24) is 4.72 Å². The highest BCUT2D eigenvalue weighted by Gasteiger charge is 2.30. The van der Waals surface area contributed by atoms with Gasteiger partial charge in [-0.1, -0.05) is 18.2 Å². The number of hydrogen-bond acceptors (Lipinski definition) is 4. The summed E-state index contributed by atoms with van der Waals surface area (Å²) in [5.41, 5.74) is 2.44. The first-order chi connectivity index (χ1) is 12.0. The fraction of sp³-hybridized carbons (Fsp3) is 0.278. The number of fused-ring (bicyclic) bond motifs is 2. The molecule has 0 aliphatic carbocycles. The maximum absolute atomic E-state index is 12.9. The van der Waals surface area contributed by atoms with Gasteiger partial charge in [-0.25, -0.2) is 13.1 Å². The van der Waals surface area contributed by atoms with Gasteiger partial charge in [0.25, 0.3) is 0 Å². The Labute approximate surface area is 151 Å². The number of anilines is 1. The molecule has 25 heavy (non-hydrogen) atoms. The zero-order chi connectivity index (χ0) is 17.6. The first kappa shape index (κ1) is 16.6. The molecule has 7 heteroatoms. The van der Waals surface area contributed by atoms with E-state index in [0.717, 1.165) is 28.2 Å². The average molecular weight is 374 g/mol. The molecule has 0 saturated carbocycles. The van der Waals surface area contributed by atoms with Gasteiger partial charge in [0.15, 0.2) is 0 Å². The van der Waals surface area contributed by atoms with Crippen LogP contribution in [0.2, 0.25) is 0 Å². The van der Waals surface area contributed by atoms with E-state index in [9.17, 15) is 13.2 Å². The Morgan fingerprint density at radius 3 is 2.80 bits per heavy atom. The van der Waals surface area contributed by atoms with E-state index in [1.165, 1.54) is 0 Å². The lowest BCUT2D eigenvalue weighted by atomic mass is 10.0. The van der Waals surface area contributed by atoms with E-state index in [0.29, 0.717) is 5.69 Å². The Hall–Kier alpha value is -1.83. The van der Waals surface area contributed by atoms with Gasteiger partial charge in [-0.2, -0.15) is 0 Å². The van der Waals surface area contributed by atoms with Crippen LogP contribution in [0.25, 0.3) is 0 Å². The van der Waals surface area contributed by atoms with Gasteiger partial charge in [-0.05, 0) is 54.5 Å². The predicted octanol–water partition coefficient (Wildman–Crippen LogP) is 3.26. The summed E-state index contributed by atoms with van der Waals surface area (Å²) in [6, 6.07) is 12.5. The number of thioether (sulfide) groups is 1. The molecule has 2 heterocycles. The second-order valence-corrected chi connectivity index (χ2v) is 9.16. The minimum Gasteiger partial charge on any atom is -0.325 e. The van der Waals surface area contributed by atoms with E-state index in [4.69, 9.17) is 0 Å². The molecule has 2 aromatic carbocycles. The standard InChI is InChI=1S/C18H18N2O3S2/c1-11-14-10-12(6-7-15(14)19-18(11)21)25(22,23)20-16-8-9-24-17-5-3-2-4-13(16)17/h2-7,10-11,16,20H,8-9H2,1H3,(H,19,21)/t11-,16-/m0/s1. The Bertz CT molecular complexity index is 957. The van der Waals surface area contributed by atoms with E-state index < -0.39 is 10.0 Å². The molecule has 5 nitrogen and oxygen atoms in total. The van der Waals surface area contributed by atoms with E-state index in [1.807, 2.05) is 24.3 Å². The summed E-state index contributed by atoms with van der Waals surface area (Å²) in [6.45, 7) is 1.78. The molecule has 2 N–H and O–H groups in total. The molecule has 0 saturated heterocycles. The highest BCUT2D eigenvalue weighted by atomic mass is 32.2. The molecule has 0 bridgehead atoms. The van der Waals surface area contributed by atoms with Gasteiger partial charge < -0.3 is 5.32 Å². The van der Waals surface area contributed by atoms with Crippen LogP contribution in [0.4, 0.5) is 5.69 Å². The highest BCUT2D eigenvalue weighted by molar-refractivity contribution is 7.99. The van der Waals surface area contributed by atoms with Crippen molar-refractivity contribution in [2.24, 2.45) is 0 Å². The SMILES string of the molecule is C[C@@H]1C(=O)Nc2ccc(S(=O)(=O)N[C@H]3CCSc4ccccc43)cc21. The summed E-state index contributed by atoms with van der Waals surface area (Å²) < 4.78 is 28.6. The third-order valence-corrected chi connectivity index (χ3v) is 7.30. The van der Waals surface area contributed by atoms with Crippen LogP contribution in [-0.2, 0) is 14.8 Å². The number of carbonyl (C=O) groups is 1. The van der Waals surface area contributed by atoms with Crippen LogP contribution in [0.3, 0.4) is 0 Å². The van der Waals surface area contributed by atoms with E-state index in [1.54, 1.807) is 36.9 Å². The van der Waals surface area contributed by atoms with Crippen LogP contribution in [0.15, 0.2) is 52.3 Å². The quantitative estimate of drug-likeness (QED) is 0.865. The number of amides is 1. The third-order valence-electron chi connectivity index (χ3n) is 4.71. The number of rotatable bonds is 3. The van der Waals surface area contributed by atoms with E-state index in [2.05, 4.69) is 10.0 Å². The third kappa shape index (κ3) is 2.96. The van der Waals surface area contributed by atoms with Gasteiger partial charge in [-0.3, -0.25) is 4.79 Å². The second kappa shape index (κ2) is 6.16. The number of hydrogen-bond donors (Lipinski definition) is 2. The van der Waals surface area contributed by atoms with Crippen molar-refractivity contribution in [3.05, 3.63) is 53.6 Å². The van der Waals surface area contributed by atoms with E-state index >= 15 is 0 Å². The van der Waals surface area contributed by atoms with Gasteiger partial charge in [0.1, 0.15) is 0 Å². The minimum absolute atomic E-state index is 0.101. The van der Waals surface area contributed by atoms with Crippen LogP contribution >= 0.6 is 11.8 Å². The normalized spacial score (nSPS) is 22.2. The van der Waals surface area contributed by atoms with Crippen molar-refractivity contribution in [2.45, 2.75) is 35.1 Å². The van der Waals surface area contributed by atoms with Gasteiger partial charge in [0.05, 0.1) is 10.8 Å². The topological polar surface area (TPSA) is 75.3 Å². The van der Waals surface area contributed by atoms with Crippen LogP contribution in [0.5, 0.6) is 0 Å². The average Bonchev–Trinajstić information content (AvgIpc) is 2.89. The van der Waals surface area contributed by atoms with Gasteiger partial charge >= 0.3 is 0 Å². The van der Waals surface area contributed by atoms with Crippen LogP contribution < -0.4 is 10.0 Å². The summed E-state index contributed by atoms with van der Waals surface area (Å²) in [7, 11) is -3.66. The predicted molar refractivity (Wildman–Crippen MR) is 98.3 cm³/mol. The van der Waals surface area contributed by atoms with Gasteiger partial charge in [0.2, 0.25) is 15.9 Å². The number of carbonyl (C=O) groups excluding carboxylic acids is 1. The molecular formula is C18H18N2O3S2. The summed E-state index contributed by atoms with van der Waals surface area (Å²) in [5, 5.41) is 2.76. The molecule has 0 fully saturated rings. The first-order valence-corrected chi connectivity index (χ1v) is 10.6. The molecule has 2 aliphatic rings. The van der Waals surface area contributed by atoms with Gasteiger partial charge in [0, 0.05) is 16.6 Å². The molecule has 2 atom stereocenters. The molecule has 0 radical (unpaired) electrons. The van der Waals surface area contributed by atoms with Crippen molar-refractivity contribution in [1.29, 1.82) is 0 Å². The first-order valence-electron chi connectivity index (χ1n) is 8.14. The smallest absolute Gasteiger partial charge is 0.241 e. The van der Waals surface area contributed by atoms with Gasteiger partial charge in [-0.15, -0.1) is 11.8 Å². The van der Waals surface area contributed by atoms with Crippen molar-refractivity contribution < 1.29 is 13.2 Å². The Balaban J connectivity index is 1.65. The lowest BCUT2D eigenvalue weighted by molar-refractivity contribution is -0.116. The number of benzene rings is 2. The lowest BCUT2D eigenvalue weighted by Gasteiger charge is -2.25. The zero-order valence-electron chi connectivity index (χ0n) is 13.7. The zero-order valence-corrected chi connectivity index (χ0v) is 15.3. The molecule has 0 aromatic heterocycles. The molecule has 2 aromatic rings. The monoisotopic (exact) mass is 374 g/mol. The fourth-order valence-electron chi connectivity index (χ4n) is 3.28. The van der Waals surface area contributed by atoms with E-state index in [-0.39, 0.29) is 22.8 Å². The van der Waals surface area contributed by atoms with Crippen molar-refractivity contribution in [3.63, 3.8) is 0 Å². The lowest BCUT2D eigenvalue weighted by Crippen LogP contribution is -2.30. The molecule has 130 valence electrons. The fourth-order valence-corrected chi connectivity index (χ4v) is 5.69. The van der Waals surface area contributed by atoms with Crippen LogP contribution in [-0.4, -0.2) is 20.1 Å². The van der Waals surface area contributed by atoms with Crippen molar-refractivity contribution >= 4 is 33.4 Å². The summed E-state index contributed by atoms with van der Waals surface area (Å²) in [6.07, 6.45) is 0.752. The van der Waals surface area contributed by atoms with Crippen molar-refractivity contribution in [2.75, 3.05) is 11.1 Å². The van der Waals surface area contributed by atoms with Crippen LogP contribution in [0, 0.1) is 0 Å². The largest absolute Gasteiger partial charge is 0.325 e.